The molecule has 3 aromatic heterocycles. The molecule has 0 radical (unpaired) electrons. The van der Waals surface area contributed by atoms with Gasteiger partial charge >= 0.3 is 0 Å². The zero-order valence-corrected chi connectivity index (χ0v) is 17.6. The van der Waals surface area contributed by atoms with Crippen LogP contribution in [0.25, 0.3) is 10.9 Å². The van der Waals surface area contributed by atoms with Gasteiger partial charge in [-0.15, -0.1) is 0 Å². The maximum absolute atomic E-state index is 13.2. The van der Waals surface area contributed by atoms with E-state index in [4.69, 9.17) is 11.6 Å². The van der Waals surface area contributed by atoms with E-state index in [1.54, 1.807) is 28.6 Å². The number of nitrogens with one attached hydrogen (secondary N) is 2. The minimum atomic E-state index is -1.40. The highest BCUT2D eigenvalue weighted by Gasteiger charge is 2.15. The van der Waals surface area contributed by atoms with E-state index in [0.29, 0.717) is 22.3 Å². The maximum Gasteiger partial charge on any atom is 0.158 e. The molecule has 4 rings (SSSR count). The van der Waals surface area contributed by atoms with Crippen molar-refractivity contribution in [1.29, 1.82) is 0 Å². The number of benzene rings is 1. The maximum atomic E-state index is 13.2. The van der Waals surface area contributed by atoms with Gasteiger partial charge in [0.15, 0.2) is 11.0 Å². The number of hydrogen-bond acceptors (Lipinski definition) is 5. The molecular formula is C21H20ClN5OS. The average Bonchev–Trinajstić information content (AvgIpc) is 3.09. The number of fused-ring (bicyclic) bond motifs is 1. The topological polar surface area (TPSA) is 71.8 Å². The van der Waals surface area contributed by atoms with Crippen molar-refractivity contribution in [2.45, 2.75) is 18.4 Å². The van der Waals surface area contributed by atoms with Crippen LogP contribution in [0, 0.1) is 6.92 Å². The molecule has 6 nitrogen and oxygen atoms in total. The summed E-state index contributed by atoms with van der Waals surface area (Å²) in [5.41, 5.74) is 3.74. The van der Waals surface area contributed by atoms with Crippen LogP contribution in [0.3, 0.4) is 0 Å². The van der Waals surface area contributed by atoms with Gasteiger partial charge in [0.25, 0.3) is 0 Å². The van der Waals surface area contributed by atoms with Crippen LogP contribution in [-0.2, 0) is 17.5 Å². The Kier molecular flexibility index (Phi) is 5.62. The number of rotatable bonds is 6. The van der Waals surface area contributed by atoms with Crippen molar-refractivity contribution in [3.05, 3.63) is 77.3 Å². The molecule has 0 fully saturated rings. The molecule has 148 valence electrons. The SMILES string of the molecule is CNCc1cn(S(=O)c2cccnc2)c2cc(Nc3cc(C)c(Cl)cn3)ccc12. The molecule has 29 heavy (non-hydrogen) atoms. The Bertz CT molecular complexity index is 1190. The summed E-state index contributed by atoms with van der Waals surface area (Å²) in [6.07, 6.45) is 6.86. The summed E-state index contributed by atoms with van der Waals surface area (Å²) in [5.74, 6) is 0.702. The van der Waals surface area contributed by atoms with Crippen LogP contribution >= 0.6 is 11.6 Å². The first-order valence-electron chi connectivity index (χ1n) is 9.07. The van der Waals surface area contributed by atoms with Crippen molar-refractivity contribution in [3.8, 4) is 0 Å². The predicted octanol–water partition coefficient (Wildman–Crippen LogP) is 4.43. The third-order valence-corrected chi connectivity index (χ3v) is 6.26. The van der Waals surface area contributed by atoms with E-state index < -0.39 is 11.0 Å². The predicted molar refractivity (Wildman–Crippen MR) is 118 cm³/mol. The second-order valence-corrected chi connectivity index (χ2v) is 8.39. The molecule has 0 bridgehead atoms. The van der Waals surface area contributed by atoms with Gasteiger partial charge < -0.3 is 10.6 Å². The van der Waals surface area contributed by atoms with Crippen LogP contribution < -0.4 is 10.6 Å². The summed E-state index contributed by atoms with van der Waals surface area (Å²) in [5, 5.41) is 8.14. The van der Waals surface area contributed by atoms with Crippen LogP contribution in [0.5, 0.6) is 0 Å². The number of nitrogens with zero attached hydrogens (tertiary/aromatic N) is 3. The smallest absolute Gasteiger partial charge is 0.158 e. The fourth-order valence-corrected chi connectivity index (χ4v) is 4.36. The summed E-state index contributed by atoms with van der Waals surface area (Å²) in [6.45, 7) is 2.61. The Labute approximate surface area is 176 Å². The van der Waals surface area contributed by atoms with E-state index in [2.05, 4.69) is 20.6 Å². The second kappa shape index (κ2) is 8.32. The molecule has 0 saturated heterocycles. The third-order valence-electron chi connectivity index (χ3n) is 4.56. The van der Waals surface area contributed by atoms with Gasteiger partial charge in [0.05, 0.1) is 15.4 Å². The standard InChI is InChI=1S/C21H20ClN5OS/c1-14-8-21(25-12-19(14)22)26-16-5-6-18-15(10-23-2)13-27(20(18)9-16)29(28)17-4-3-7-24-11-17/h3-9,11-13,23H,10H2,1-2H3,(H,25,26). The summed E-state index contributed by atoms with van der Waals surface area (Å²) in [7, 11) is 0.494. The average molecular weight is 426 g/mol. The highest BCUT2D eigenvalue weighted by Crippen LogP contribution is 2.28. The van der Waals surface area contributed by atoms with E-state index in [0.717, 1.165) is 27.7 Å². The lowest BCUT2D eigenvalue weighted by molar-refractivity contribution is 0.678. The van der Waals surface area contributed by atoms with Gasteiger partial charge in [-0.3, -0.25) is 8.96 Å². The molecular weight excluding hydrogens is 406 g/mol. The quantitative estimate of drug-likeness (QED) is 0.478. The van der Waals surface area contributed by atoms with Gasteiger partial charge in [0.2, 0.25) is 0 Å². The van der Waals surface area contributed by atoms with Crippen molar-refractivity contribution < 1.29 is 4.21 Å². The number of pyridine rings is 2. The molecule has 3 heterocycles. The lowest BCUT2D eigenvalue weighted by Gasteiger charge is -2.09. The van der Waals surface area contributed by atoms with Crippen molar-refractivity contribution in [2.24, 2.45) is 0 Å². The first-order chi connectivity index (χ1) is 14.1. The van der Waals surface area contributed by atoms with Gasteiger partial charge in [0, 0.05) is 42.4 Å². The van der Waals surface area contributed by atoms with Gasteiger partial charge in [-0.2, -0.15) is 0 Å². The monoisotopic (exact) mass is 425 g/mol. The van der Waals surface area contributed by atoms with Crippen molar-refractivity contribution in [3.63, 3.8) is 0 Å². The lowest BCUT2D eigenvalue weighted by Crippen LogP contribution is -2.06. The minimum Gasteiger partial charge on any atom is -0.340 e. The molecule has 0 aliphatic heterocycles. The first kappa shape index (κ1) is 19.6. The van der Waals surface area contributed by atoms with Crippen molar-refractivity contribution in [2.75, 3.05) is 12.4 Å². The van der Waals surface area contributed by atoms with Crippen LogP contribution in [0.15, 0.2) is 66.1 Å². The highest BCUT2D eigenvalue weighted by molar-refractivity contribution is 7.83. The Balaban J connectivity index is 1.77. The summed E-state index contributed by atoms with van der Waals surface area (Å²) in [6, 6.07) is 11.5. The number of anilines is 2. The Morgan fingerprint density at radius 1 is 1.21 bits per heavy atom. The molecule has 2 N–H and O–H groups in total. The summed E-state index contributed by atoms with van der Waals surface area (Å²) >= 11 is 6.07. The largest absolute Gasteiger partial charge is 0.340 e. The molecule has 0 aliphatic rings. The summed E-state index contributed by atoms with van der Waals surface area (Å²) in [4.78, 5) is 9.07. The van der Waals surface area contributed by atoms with Crippen LogP contribution in [0.4, 0.5) is 11.5 Å². The van der Waals surface area contributed by atoms with Gasteiger partial charge in [-0.05, 0) is 55.4 Å². The van der Waals surface area contributed by atoms with Gasteiger partial charge in [0.1, 0.15) is 5.82 Å². The molecule has 0 aliphatic carbocycles. The molecule has 0 spiro atoms. The van der Waals surface area contributed by atoms with Gasteiger partial charge in [-0.1, -0.05) is 17.7 Å². The molecule has 1 aromatic carbocycles. The number of hydrogen-bond donors (Lipinski definition) is 2. The fraction of sp³-hybridized carbons (Fsp3) is 0.143. The molecule has 8 heteroatoms. The molecule has 1 unspecified atom stereocenters. The third kappa shape index (κ3) is 4.03. The number of aromatic nitrogens is 3. The second-order valence-electron chi connectivity index (χ2n) is 6.62. The van der Waals surface area contributed by atoms with E-state index >= 15 is 0 Å². The van der Waals surface area contributed by atoms with Gasteiger partial charge in [-0.25, -0.2) is 9.19 Å². The molecule has 4 aromatic rings. The van der Waals surface area contributed by atoms with E-state index in [1.807, 2.05) is 50.5 Å². The molecule has 0 saturated carbocycles. The van der Waals surface area contributed by atoms with Crippen LogP contribution in [0.1, 0.15) is 11.1 Å². The van der Waals surface area contributed by atoms with E-state index in [-0.39, 0.29) is 0 Å². The van der Waals surface area contributed by atoms with E-state index in [9.17, 15) is 4.21 Å². The van der Waals surface area contributed by atoms with Crippen molar-refractivity contribution in [1.82, 2.24) is 19.3 Å². The first-order valence-corrected chi connectivity index (χ1v) is 10.6. The number of aryl methyl sites for hydroxylation is 1. The van der Waals surface area contributed by atoms with E-state index in [1.165, 1.54) is 0 Å². The van der Waals surface area contributed by atoms with Crippen molar-refractivity contribution >= 4 is 45.0 Å². The Morgan fingerprint density at radius 3 is 2.79 bits per heavy atom. The highest BCUT2D eigenvalue weighted by atomic mass is 35.5. The zero-order valence-electron chi connectivity index (χ0n) is 16.0. The Morgan fingerprint density at radius 2 is 2.07 bits per heavy atom. The van der Waals surface area contributed by atoms with Crippen LogP contribution in [0.2, 0.25) is 5.02 Å². The van der Waals surface area contributed by atoms with Crippen LogP contribution in [-0.4, -0.2) is 25.2 Å². The Hall–Kier alpha value is -2.74. The molecule has 0 amide bonds. The normalized spacial score (nSPS) is 12.2. The minimum absolute atomic E-state index is 0.628. The lowest BCUT2D eigenvalue weighted by atomic mass is 10.1. The molecule has 1 atom stereocenters. The zero-order chi connectivity index (χ0) is 20.4. The fourth-order valence-electron chi connectivity index (χ4n) is 3.13. The summed E-state index contributed by atoms with van der Waals surface area (Å²) < 4.78 is 15.0. The number of halogens is 1.